The predicted octanol–water partition coefficient (Wildman–Crippen LogP) is 0.733. The second-order valence-electron chi connectivity index (χ2n) is 4.84. The van der Waals surface area contributed by atoms with Gasteiger partial charge in [-0.2, -0.15) is 10.2 Å². The molecule has 0 aliphatic carbocycles. The van der Waals surface area contributed by atoms with E-state index in [2.05, 4.69) is 20.2 Å². The monoisotopic (exact) mass is 370 g/mol. The van der Waals surface area contributed by atoms with Gasteiger partial charge in [-0.3, -0.25) is 0 Å². The standard InChI is InChI=1S/C13H12F2N6O.Zn/c14-10-1-2-11(12(15)3-10)13(22,4-20-8-16-6-18-20)5-21-9-17-7-19-21;/h1-3,6-9,22H,4-5H2;. The zero-order valence-corrected chi connectivity index (χ0v) is 15.0. The summed E-state index contributed by atoms with van der Waals surface area (Å²) in [5.41, 5.74) is -1.75. The van der Waals surface area contributed by atoms with Crippen molar-refractivity contribution in [1.82, 2.24) is 29.5 Å². The Labute approximate surface area is 142 Å². The first-order valence-corrected chi connectivity index (χ1v) is 6.39. The van der Waals surface area contributed by atoms with Crippen LogP contribution in [-0.4, -0.2) is 34.6 Å². The summed E-state index contributed by atoms with van der Waals surface area (Å²) in [7, 11) is 0. The zero-order chi connectivity index (χ0) is 15.6. The number of aliphatic hydroxyl groups is 1. The molecule has 1 N–H and O–H groups in total. The molecule has 10 heteroatoms. The molecule has 1 aromatic carbocycles. The van der Waals surface area contributed by atoms with Crippen molar-refractivity contribution >= 4 is 0 Å². The molecule has 0 bridgehead atoms. The van der Waals surface area contributed by atoms with E-state index >= 15 is 0 Å². The Kier molecular flexibility index (Phi) is 5.28. The summed E-state index contributed by atoms with van der Waals surface area (Å²) in [6, 6.07) is 3.02. The first kappa shape index (κ1) is 17.3. The maximum Gasteiger partial charge on any atom is 0.137 e. The van der Waals surface area contributed by atoms with E-state index in [1.165, 1.54) is 40.7 Å². The summed E-state index contributed by atoms with van der Waals surface area (Å²) in [6.45, 7) is -0.148. The van der Waals surface area contributed by atoms with Crippen LogP contribution in [0.1, 0.15) is 5.56 Å². The van der Waals surface area contributed by atoms with Gasteiger partial charge in [-0.25, -0.2) is 28.1 Å². The van der Waals surface area contributed by atoms with Gasteiger partial charge in [0.15, 0.2) is 0 Å². The van der Waals surface area contributed by atoms with Gasteiger partial charge in [0.25, 0.3) is 0 Å². The van der Waals surface area contributed by atoms with Crippen LogP contribution in [0.5, 0.6) is 0 Å². The smallest absolute Gasteiger partial charge is 0.137 e. The molecule has 23 heavy (non-hydrogen) atoms. The molecule has 2 heterocycles. The van der Waals surface area contributed by atoms with E-state index in [9.17, 15) is 13.9 Å². The molecular formula is C13H12F2N6OZn. The fourth-order valence-corrected chi connectivity index (χ4v) is 2.25. The van der Waals surface area contributed by atoms with Crippen LogP contribution in [0.15, 0.2) is 43.5 Å². The third-order valence-electron chi connectivity index (χ3n) is 3.21. The van der Waals surface area contributed by atoms with E-state index in [4.69, 9.17) is 0 Å². The van der Waals surface area contributed by atoms with Crippen LogP contribution < -0.4 is 0 Å². The van der Waals surface area contributed by atoms with Crippen molar-refractivity contribution in [2.45, 2.75) is 18.7 Å². The first-order chi connectivity index (χ1) is 10.6. The first-order valence-electron chi connectivity index (χ1n) is 6.39. The van der Waals surface area contributed by atoms with Gasteiger partial charge in [-0.15, -0.1) is 0 Å². The van der Waals surface area contributed by atoms with Gasteiger partial charge in [0, 0.05) is 31.1 Å². The summed E-state index contributed by atoms with van der Waals surface area (Å²) in [6.07, 6.45) is 5.40. The molecule has 7 nitrogen and oxygen atoms in total. The largest absolute Gasteiger partial charge is 0.381 e. The molecular weight excluding hydrogens is 360 g/mol. The summed E-state index contributed by atoms with van der Waals surface area (Å²) in [4.78, 5) is 7.57. The van der Waals surface area contributed by atoms with Gasteiger partial charge in [-0.1, -0.05) is 6.07 Å². The number of halogens is 2. The van der Waals surface area contributed by atoms with E-state index in [1.54, 1.807) is 0 Å². The molecule has 2 aromatic heterocycles. The molecule has 0 fully saturated rings. The van der Waals surface area contributed by atoms with Gasteiger partial charge >= 0.3 is 0 Å². The summed E-state index contributed by atoms with van der Waals surface area (Å²) in [5.74, 6) is -1.56. The fraction of sp³-hybridized carbons (Fsp3) is 0.231. The Hall–Kier alpha value is -2.06. The minimum absolute atomic E-state index is 0. The van der Waals surface area contributed by atoms with Gasteiger partial charge in [0.2, 0.25) is 0 Å². The van der Waals surface area contributed by atoms with Crippen LogP contribution >= 0.6 is 0 Å². The number of aromatic nitrogens is 6. The van der Waals surface area contributed by atoms with Crippen molar-refractivity contribution in [2.75, 3.05) is 0 Å². The van der Waals surface area contributed by atoms with Crippen molar-refractivity contribution < 1.29 is 33.4 Å². The number of hydrogen-bond donors (Lipinski definition) is 1. The average Bonchev–Trinajstić information content (AvgIpc) is 3.12. The number of benzene rings is 1. The normalized spacial score (nSPS) is 11.3. The minimum atomic E-state index is -1.70. The summed E-state index contributed by atoms with van der Waals surface area (Å²) < 4.78 is 29.9. The predicted molar refractivity (Wildman–Crippen MR) is 70.3 cm³/mol. The maximum absolute atomic E-state index is 14.1. The van der Waals surface area contributed by atoms with Crippen molar-refractivity contribution in [3.05, 3.63) is 60.7 Å². The molecule has 0 unspecified atom stereocenters. The quantitative estimate of drug-likeness (QED) is 0.669. The summed E-state index contributed by atoms with van der Waals surface area (Å²) in [5, 5.41) is 18.8. The summed E-state index contributed by atoms with van der Waals surface area (Å²) >= 11 is 0. The van der Waals surface area contributed by atoms with Crippen LogP contribution in [-0.2, 0) is 38.2 Å². The van der Waals surface area contributed by atoms with Crippen molar-refractivity contribution in [1.29, 1.82) is 0 Å². The van der Waals surface area contributed by atoms with Gasteiger partial charge in [-0.05, 0) is 6.07 Å². The second kappa shape index (κ2) is 7.01. The van der Waals surface area contributed by atoms with E-state index in [1.807, 2.05) is 0 Å². The molecule has 0 spiro atoms. The third kappa shape index (κ3) is 3.83. The molecule has 0 aliphatic rings. The average molecular weight is 372 g/mol. The maximum atomic E-state index is 14.1. The topological polar surface area (TPSA) is 81.6 Å². The van der Waals surface area contributed by atoms with Crippen molar-refractivity contribution in [3.63, 3.8) is 0 Å². The van der Waals surface area contributed by atoms with Crippen LogP contribution in [0, 0.1) is 11.6 Å². The number of hydrogen-bond acceptors (Lipinski definition) is 5. The van der Waals surface area contributed by atoms with E-state index in [-0.39, 0.29) is 38.1 Å². The number of rotatable bonds is 5. The van der Waals surface area contributed by atoms with Crippen LogP contribution in [0.25, 0.3) is 0 Å². The van der Waals surface area contributed by atoms with Crippen LogP contribution in [0.2, 0.25) is 0 Å². The molecule has 0 aliphatic heterocycles. The molecule has 0 saturated carbocycles. The third-order valence-corrected chi connectivity index (χ3v) is 3.21. The Morgan fingerprint density at radius 1 is 1.00 bits per heavy atom. The van der Waals surface area contributed by atoms with Crippen LogP contribution in [0.3, 0.4) is 0 Å². The van der Waals surface area contributed by atoms with Gasteiger partial charge in [0.1, 0.15) is 42.5 Å². The molecule has 116 valence electrons. The number of nitrogens with zero attached hydrogens (tertiary/aromatic N) is 6. The minimum Gasteiger partial charge on any atom is -0.381 e. The second-order valence-corrected chi connectivity index (χ2v) is 4.84. The Bertz CT molecular complexity index is 714. The zero-order valence-electron chi connectivity index (χ0n) is 12.0. The van der Waals surface area contributed by atoms with Gasteiger partial charge in [0.05, 0.1) is 13.1 Å². The Balaban J connectivity index is 0.00000192. The van der Waals surface area contributed by atoms with Crippen molar-refractivity contribution in [3.8, 4) is 0 Å². The molecule has 0 radical (unpaired) electrons. The molecule has 3 aromatic rings. The van der Waals surface area contributed by atoms with E-state index < -0.39 is 17.2 Å². The van der Waals surface area contributed by atoms with E-state index in [0.717, 1.165) is 12.1 Å². The SMILES string of the molecule is OC(Cn1cncn1)(Cn1cncn1)c1ccc(F)cc1F.[Zn]. The van der Waals surface area contributed by atoms with E-state index in [0.29, 0.717) is 0 Å². The van der Waals surface area contributed by atoms with Crippen LogP contribution in [0.4, 0.5) is 8.78 Å². The molecule has 0 saturated heterocycles. The Morgan fingerprint density at radius 3 is 2.00 bits per heavy atom. The van der Waals surface area contributed by atoms with Gasteiger partial charge < -0.3 is 5.11 Å². The molecule has 3 rings (SSSR count). The molecule has 0 amide bonds. The fourth-order valence-electron chi connectivity index (χ4n) is 2.25. The molecule has 0 atom stereocenters. The Morgan fingerprint density at radius 2 is 1.57 bits per heavy atom. The van der Waals surface area contributed by atoms with Crippen molar-refractivity contribution in [2.24, 2.45) is 0 Å².